The molecule has 3 rings (SSSR count). The van der Waals surface area contributed by atoms with Gasteiger partial charge in [0.05, 0.1) is 10.2 Å². The highest BCUT2D eigenvalue weighted by atomic mass is 79.9. The van der Waals surface area contributed by atoms with Crippen LogP contribution >= 0.6 is 38.9 Å². The van der Waals surface area contributed by atoms with Gasteiger partial charge in [0.25, 0.3) is 0 Å². The lowest BCUT2D eigenvalue weighted by Gasteiger charge is -1.96. The Labute approximate surface area is 144 Å². The number of fused-ring (bicyclic) bond motifs is 1. The van der Waals surface area contributed by atoms with Gasteiger partial charge in [0.15, 0.2) is 5.13 Å². The number of thiazole rings is 1. The smallest absolute Gasteiger partial charge is 0.250 e. The van der Waals surface area contributed by atoms with Crippen LogP contribution in [0.15, 0.2) is 53.0 Å². The zero-order valence-electron chi connectivity index (χ0n) is 11.2. The molecule has 0 aliphatic heterocycles. The minimum atomic E-state index is -0.215. The van der Waals surface area contributed by atoms with Gasteiger partial charge in [0, 0.05) is 15.6 Å². The number of anilines is 1. The number of aromatic nitrogens is 1. The maximum Gasteiger partial charge on any atom is 0.250 e. The molecule has 0 saturated heterocycles. The Balaban J connectivity index is 1.71. The summed E-state index contributed by atoms with van der Waals surface area (Å²) in [6.07, 6.45) is 3.24. The number of carbonyl (C=O) groups is 1. The Kier molecular flexibility index (Phi) is 4.57. The molecule has 0 bridgehead atoms. The van der Waals surface area contributed by atoms with Crippen molar-refractivity contribution in [3.63, 3.8) is 0 Å². The Morgan fingerprint density at radius 1 is 1.23 bits per heavy atom. The minimum absolute atomic E-state index is 0.215. The summed E-state index contributed by atoms with van der Waals surface area (Å²) in [5.41, 5.74) is 1.77. The molecule has 1 N–H and O–H groups in total. The van der Waals surface area contributed by atoms with Gasteiger partial charge in [0.2, 0.25) is 5.91 Å². The average Bonchev–Trinajstić information content (AvgIpc) is 2.88. The molecule has 0 atom stereocenters. The van der Waals surface area contributed by atoms with E-state index in [-0.39, 0.29) is 5.91 Å². The molecule has 0 spiro atoms. The molecule has 3 nitrogen and oxygen atoms in total. The molecule has 3 aromatic rings. The molecule has 0 unspecified atom stereocenters. The summed E-state index contributed by atoms with van der Waals surface area (Å²) in [7, 11) is 0. The number of amides is 1. The van der Waals surface area contributed by atoms with E-state index in [2.05, 4.69) is 26.2 Å². The number of halogens is 2. The van der Waals surface area contributed by atoms with Crippen molar-refractivity contribution >= 4 is 66.2 Å². The molecule has 2 aromatic carbocycles. The third kappa shape index (κ3) is 3.74. The van der Waals surface area contributed by atoms with Crippen molar-refractivity contribution in [2.45, 2.75) is 0 Å². The van der Waals surface area contributed by atoms with Gasteiger partial charge in [-0.15, -0.1) is 0 Å². The maximum atomic E-state index is 11.9. The normalized spacial score (nSPS) is 11.2. The van der Waals surface area contributed by atoms with Crippen LogP contribution in [0.2, 0.25) is 5.02 Å². The SMILES string of the molecule is O=C(C=Cc1ccc(Br)cc1)Nc1nc2ccc(Cl)cc2s1. The lowest BCUT2D eigenvalue weighted by Crippen LogP contribution is -2.07. The lowest BCUT2D eigenvalue weighted by atomic mass is 10.2. The first-order chi connectivity index (χ1) is 10.6. The second kappa shape index (κ2) is 6.60. The first-order valence-corrected chi connectivity index (χ1v) is 8.40. The number of hydrogen-bond donors (Lipinski definition) is 1. The molecule has 0 aliphatic rings. The van der Waals surface area contributed by atoms with Crippen molar-refractivity contribution < 1.29 is 4.79 Å². The van der Waals surface area contributed by atoms with Crippen molar-refractivity contribution in [1.29, 1.82) is 0 Å². The predicted octanol–water partition coefficient (Wildman–Crippen LogP) is 5.36. The Morgan fingerprint density at radius 2 is 2.00 bits per heavy atom. The summed E-state index contributed by atoms with van der Waals surface area (Å²) in [5, 5.41) is 3.98. The molecule has 0 fully saturated rings. The van der Waals surface area contributed by atoms with E-state index in [9.17, 15) is 4.79 Å². The average molecular weight is 394 g/mol. The van der Waals surface area contributed by atoms with Gasteiger partial charge >= 0.3 is 0 Å². The molecular formula is C16H10BrClN2OS. The maximum absolute atomic E-state index is 11.9. The van der Waals surface area contributed by atoms with Gasteiger partial charge in [-0.25, -0.2) is 4.98 Å². The Bertz CT molecular complexity index is 858. The zero-order chi connectivity index (χ0) is 15.5. The highest BCUT2D eigenvalue weighted by Gasteiger charge is 2.06. The summed E-state index contributed by atoms with van der Waals surface area (Å²) < 4.78 is 1.95. The minimum Gasteiger partial charge on any atom is -0.298 e. The Morgan fingerprint density at radius 3 is 2.77 bits per heavy atom. The fourth-order valence-electron chi connectivity index (χ4n) is 1.84. The summed E-state index contributed by atoms with van der Waals surface area (Å²) >= 11 is 10.7. The largest absolute Gasteiger partial charge is 0.298 e. The fraction of sp³-hybridized carbons (Fsp3) is 0. The summed E-state index contributed by atoms with van der Waals surface area (Å²) in [6.45, 7) is 0. The van der Waals surface area contributed by atoms with Crippen LogP contribution in [-0.4, -0.2) is 10.9 Å². The van der Waals surface area contributed by atoms with Gasteiger partial charge in [-0.2, -0.15) is 0 Å². The van der Waals surface area contributed by atoms with E-state index in [0.29, 0.717) is 10.2 Å². The van der Waals surface area contributed by atoms with Crippen LogP contribution in [0.4, 0.5) is 5.13 Å². The quantitative estimate of drug-likeness (QED) is 0.608. The first kappa shape index (κ1) is 15.2. The van der Waals surface area contributed by atoms with Crippen LogP contribution in [-0.2, 0) is 4.79 Å². The summed E-state index contributed by atoms with van der Waals surface area (Å²) in [4.78, 5) is 16.3. The van der Waals surface area contributed by atoms with Gasteiger partial charge < -0.3 is 0 Å². The van der Waals surface area contributed by atoms with E-state index in [1.165, 1.54) is 17.4 Å². The van der Waals surface area contributed by atoms with Crippen LogP contribution in [0, 0.1) is 0 Å². The van der Waals surface area contributed by atoms with E-state index >= 15 is 0 Å². The number of carbonyl (C=O) groups excluding carboxylic acids is 1. The second-order valence-corrected chi connectivity index (χ2v) is 6.89. The zero-order valence-corrected chi connectivity index (χ0v) is 14.4. The second-order valence-electron chi connectivity index (χ2n) is 4.51. The molecule has 0 aliphatic carbocycles. The van der Waals surface area contributed by atoms with Gasteiger partial charge in [-0.3, -0.25) is 10.1 Å². The molecule has 0 radical (unpaired) electrons. The molecule has 22 heavy (non-hydrogen) atoms. The van der Waals surface area contributed by atoms with Crippen LogP contribution in [0.3, 0.4) is 0 Å². The van der Waals surface area contributed by atoms with Gasteiger partial charge in [-0.05, 0) is 42.0 Å². The molecule has 0 saturated carbocycles. The van der Waals surface area contributed by atoms with E-state index < -0.39 is 0 Å². The molecule has 1 heterocycles. The monoisotopic (exact) mass is 392 g/mol. The van der Waals surface area contributed by atoms with Crippen molar-refractivity contribution in [1.82, 2.24) is 4.98 Å². The van der Waals surface area contributed by atoms with Crippen LogP contribution in [0.5, 0.6) is 0 Å². The molecular weight excluding hydrogens is 384 g/mol. The highest BCUT2D eigenvalue weighted by molar-refractivity contribution is 9.10. The van der Waals surface area contributed by atoms with Crippen molar-refractivity contribution in [3.8, 4) is 0 Å². The van der Waals surface area contributed by atoms with E-state index in [0.717, 1.165) is 20.3 Å². The Hall–Kier alpha value is -1.69. The van der Waals surface area contributed by atoms with Crippen molar-refractivity contribution in [3.05, 3.63) is 63.6 Å². The third-order valence-corrected chi connectivity index (χ3v) is 4.58. The number of nitrogens with one attached hydrogen (secondary N) is 1. The van der Waals surface area contributed by atoms with E-state index in [4.69, 9.17) is 11.6 Å². The molecule has 1 amide bonds. The number of rotatable bonds is 3. The van der Waals surface area contributed by atoms with Crippen molar-refractivity contribution in [2.24, 2.45) is 0 Å². The van der Waals surface area contributed by atoms with E-state index in [1.807, 2.05) is 36.4 Å². The number of nitrogens with zero attached hydrogens (tertiary/aromatic N) is 1. The number of hydrogen-bond acceptors (Lipinski definition) is 3. The standard InChI is InChI=1S/C16H10BrClN2OS/c17-11-4-1-10(2-5-11)3-8-15(21)20-16-19-13-7-6-12(18)9-14(13)22-16/h1-9H,(H,19,20,21). The van der Waals surface area contributed by atoms with Crippen LogP contribution in [0.25, 0.3) is 16.3 Å². The molecule has 1 aromatic heterocycles. The topological polar surface area (TPSA) is 42.0 Å². The third-order valence-electron chi connectivity index (χ3n) is 2.88. The molecule has 110 valence electrons. The fourth-order valence-corrected chi connectivity index (χ4v) is 3.25. The van der Waals surface area contributed by atoms with Crippen molar-refractivity contribution in [2.75, 3.05) is 5.32 Å². The first-order valence-electron chi connectivity index (χ1n) is 6.41. The summed E-state index contributed by atoms with van der Waals surface area (Å²) in [6, 6.07) is 13.1. The molecule has 6 heteroatoms. The summed E-state index contributed by atoms with van der Waals surface area (Å²) in [5.74, 6) is -0.215. The van der Waals surface area contributed by atoms with Gasteiger partial charge in [-0.1, -0.05) is 51.0 Å². The van der Waals surface area contributed by atoms with E-state index in [1.54, 1.807) is 12.1 Å². The van der Waals surface area contributed by atoms with Gasteiger partial charge in [0.1, 0.15) is 0 Å². The predicted molar refractivity (Wildman–Crippen MR) is 96.4 cm³/mol. The number of benzene rings is 2. The lowest BCUT2D eigenvalue weighted by molar-refractivity contribution is -0.111. The highest BCUT2D eigenvalue weighted by Crippen LogP contribution is 2.28. The van der Waals surface area contributed by atoms with Crippen LogP contribution < -0.4 is 5.32 Å². The van der Waals surface area contributed by atoms with Crippen LogP contribution in [0.1, 0.15) is 5.56 Å².